The average molecular weight is 432 g/mol. The molecule has 2 aromatic heterocycles. The third kappa shape index (κ3) is 3.28. The molecule has 2 aliphatic heterocycles. The Morgan fingerprint density at radius 2 is 2.12 bits per heavy atom. The molecule has 3 aromatic rings. The quantitative estimate of drug-likeness (QED) is 0.656. The lowest BCUT2D eigenvalue weighted by Crippen LogP contribution is -2.39. The molecule has 9 heteroatoms. The molecule has 32 heavy (non-hydrogen) atoms. The molecule has 3 aliphatic rings. The van der Waals surface area contributed by atoms with Crippen molar-refractivity contribution in [2.24, 2.45) is 0 Å². The molecule has 2 fully saturated rings. The van der Waals surface area contributed by atoms with E-state index in [-0.39, 0.29) is 11.9 Å². The fraction of sp³-hybridized carbons (Fsp3) is 0.435. The van der Waals surface area contributed by atoms with Crippen LogP contribution in [0.25, 0.3) is 11.4 Å². The van der Waals surface area contributed by atoms with Gasteiger partial charge in [-0.1, -0.05) is 17.3 Å². The van der Waals surface area contributed by atoms with Gasteiger partial charge in [-0.05, 0) is 44.7 Å². The molecule has 1 N–H and O–H groups in total. The normalized spacial score (nSPS) is 20.2. The summed E-state index contributed by atoms with van der Waals surface area (Å²) in [6.45, 7) is 4.24. The molecule has 0 unspecified atom stereocenters. The van der Waals surface area contributed by atoms with Crippen LogP contribution >= 0.6 is 0 Å². The third-order valence-electron chi connectivity index (χ3n) is 6.41. The maximum atomic E-state index is 13.6. The zero-order chi connectivity index (χ0) is 21.7. The van der Waals surface area contributed by atoms with Gasteiger partial charge in [0.15, 0.2) is 0 Å². The summed E-state index contributed by atoms with van der Waals surface area (Å²) in [4.78, 5) is 31.4. The molecule has 1 aliphatic carbocycles. The zero-order valence-electron chi connectivity index (χ0n) is 18.0. The molecule has 6 rings (SSSR count). The van der Waals surface area contributed by atoms with Gasteiger partial charge in [-0.2, -0.15) is 9.97 Å². The van der Waals surface area contributed by atoms with Gasteiger partial charge in [0.05, 0.1) is 0 Å². The van der Waals surface area contributed by atoms with Crippen LogP contribution in [0, 0.1) is 0 Å². The van der Waals surface area contributed by atoms with Gasteiger partial charge >= 0.3 is 0 Å². The van der Waals surface area contributed by atoms with Crippen LogP contribution in [0.3, 0.4) is 0 Å². The number of rotatable bonds is 5. The topological polar surface area (TPSA) is 100 Å². The highest BCUT2D eigenvalue weighted by Crippen LogP contribution is 2.40. The highest BCUT2D eigenvalue weighted by molar-refractivity contribution is 6.10. The Bertz CT molecular complexity index is 1170. The van der Waals surface area contributed by atoms with E-state index >= 15 is 0 Å². The van der Waals surface area contributed by atoms with Gasteiger partial charge in [0.1, 0.15) is 11.4 Å². The second-order valence-corrected chi connectivity index (χ2v) is 8.65. The first-order valence-electron chi connectivity index (χ1n) is 11.3. The maximum Gasteiger partial charge on any atom is 0.263 e. The van der Waals surface area contributed by atoms with Crippen molar-refractivity contribution in [3.8, 4) is 11.4 Å². The predicted octanol–water partition coefficient (Wildman–Crippen LogP) is 3.47. The molecule has 0 bridgehead atoms. The number of carbonyl (C=O) groups excluding carboxylic acids is 1. The van der Waals surface area contributed by atoms with Crippen LogP contribution < -0.4 is 15.1 Å². The summed E-state index contributed by atoms with van der Waals surface area (Å²) in [7, 11) is 0. The highest BCUT2D eigenvalue weighted by Gasteiger charge is 2.37. The maximum absolute atomic E-state index is 13.6. The second-order valence-electron chi connectivity index (χ2n) is 8.65. The number of carbonyl (C=O) groups is 1. The van der Waals surface area contributed by atoms with E-state index in [9.17, 15) is 4.79 Å². The molecule has 0 radical (unpaired) electrons. The fourth-order valence-electron chi connectivity index (χ4n) is 4.61. The van der Waals surface area contributed by atoms with E-state index in [1.165, 1.54) is 0 Å². The van der Waals surface area contributed by atoms with Crippen molar-refractivity contribution in [2.45, 2.75) is 44.6 Å². The van der Waals surface area contributed by atoms with Gasteiger partial charge in [-0.3, -0.25) is 4.79 Å². The number of hydrogen-bond acceptors (Lipinski definition) is 8. The van der Waals surface area contributed by atoms with Crippen molar-refractivity contribution >= 4 is 23.4 Å². The van der Waals surface area contributed by atoms with Gasteiger partial charge in [0, 0.05) is 49.0 Å². The van der Waals surface area contributed by atoms with E-state index in [2.05, 4.69) is 25.3 Å². The Hall–Kier alpha value is -3.49. The summed E-state index contributed by atoms with van der Waals surface area (Å²) in [5, 5.41) is 7.32. The highest BCUT2D eigenvalue weighted by atomic mass is 16.5. The van der Waals surface area contributed by atoms with Gasteiger partial charge in [-0.15, -0.1) is 0 Å². The van der Waals surface area contributed by atoms with Gasteiger partial charge in [0.25, 0.3) is 5.91 Å². The first-order chi connectivity index (χ1) is 15.7. The minimum atomic E-state index is -0.0821. The van der Waals surface area contributed by atoms with Crippen molar-refractivity contribution in [1.82, 2.24) is 20.1 Å². The van der Waals surface area contributed by atoms with Crippen LogP contribution in [0.4, 0.5) is 17.5 Å². The number of anilines is 3. The number of nitrogens with zero attached hydrogens (tertiary/aromatic N) is 6. The molecule has 164 valence electrons. The first kappa shape index (κ1) is 19.2. The van der Waals surface area contributed by atoms with E-state index in [0.29, 0.717) is 35.7 Å². The lowest BCUT2D eigenvalue weighted by molar-refractivity contribution is 0.0988. The van der Waals surface area contributed by atoms with E-state index in [4.69, 9.17) is 9.51 Å². The smallest absolute Gasteiger partial charge is 0.263 e. The van der Waals surface area contributed by atoms with Gasteiger partial charge in [-0.25, -0.2) is 4.98 Å². The molecule has 1 atom stereocenters. The van der Waals surface area contributed by atoms with Crippen LogP contribution in [0.1, 0.15) is 54.8 Å². The van der Waals surface area contributed by atoms with Crippen LogP contribution in [0.15, 0.2) is 35.0 Å². The monoisotopic (exact) mass is 431 g/mol. The summed E-state index contributed by atoms with van der Waals surface area (Å²) < 4.78 is 5.43. The van der Waals surface area contributed by atoms with Gasteiger partial charge in [0.2, 0.25) is 17.7 Å². The number of hydrogen-bond donors (Lipinski definition) is 1. The molecule has 1 amide bonds. The first-order valence-corrected chi connectivity index (χ1v) is 11.3. The molecule has 1 saturated carbocycles. The van der Waals surface area contributed by atoms with Crippen molar-refractivity contribution < 1.29 is 9.32 Å². The Morgan fingerprint density at radius 3 is 2.97 bits per heavy atom. The van der Waals surface area contributed by atoms with E-state index < -0.39 is 0 Å². The minimum Gasteiger partial charge on any atom is -0.354 e. The van der Waals surface area contributed by atoms with E-state index in [1.54, 1.807) is 6.20 Å². The largest absolute Gasteiger partial charge is 0.354 e. The summed E-state index contributed by atoms with van der Waals surface area (Å²) in [6.07, 6.45) is 5.98. The van der Waals surface area contributed by atoms with E-state index in [1.807, 2.05) is 36.1 Å². The molecule has 1 aromatic carbocycles. The lowest BCUT2D eigenvalue weighted by Gasteiger charge is -2.27. The van der Waals surface area contributed by atoms with Crippen molar-refractivity contribution in [3.63, 3.8) is 0 Å². The molecule has 1 saturated heterocycles. The number of nitrogens with one attached hydrogen (secondary N) is 1. The number of benzene rings is 1. The Morgan fingerprint density at radius 1 is 1.22 bits per heavy atom. The summed E-state index contributed by atoms with van der Waals surface area (Å²) >= 11 is 0. The average Bonchev–Trinajstić information content (AvgIpc) is 3.39. The fourth-order valence-corrected chi connectivity index (χ4v) is 4.61. The zero-order valence-corrected chi connectivity index (χ0v) is 18.0. The number of aromatic nitrogens is 4. The van der Waals surface area contributed by atoms with Crippen LogP contribution in [0.2, 0.25) is 0 Å². The lowest BCUT2D eigenvalue weighted by atomic mass is 10.1. The molecular weight excluding hydrogens is 406 g/mol. The van der Waals surface area contributed by atoms with Crippen LogP contribution in [0.5, 0.6) is 0 Å². The summed E-state index contributed by atoms with van der Waals surface area (Å²) in [5.41, 5.74) is 2.20. The predicted molar refractivity (Wildman–Crippen MR) is 120 cm³/mol. The standard InChI is InChI=1S/C23H25N7O2/c1-2-24-23-25-12-18-20(27-23)29-10-4-7-17(29)13-30(22(18)31)16-6-3-5-15(11-16)19-26-21(32-28-19)14-8-9-14/h3,5-6,11-12,14,17H,2,4,7-10,13H2,1H3,(H,24,25,27)/t17-/m0/s1. The number of fused-ring (bicyclic) bond motifs is 3. The molecule has 0 spiro atoms. The molecule has 9 nitrogen and oxygen atoms in total. The Kier molecular flexibility index (Phi) is 4.55. The Labute approximate surface area is 185 Å². The third-order valence-corrected chi connectivity index (χ3v) is 6.41. The van der Waals surface area contributed by atoms with Crippen molar-refractivity contribution in [3.05, 3.63) is 41.9 Å². The Balaban J connectivity index is 1.37. The van der Waals surface area contributed by atoms with Crippen molar-refractivity contribution in [2.75, 3.05) is 34.8 Å². The summed E-state index contributed by atoms with van der Waals surface area (Å²) in [5.74, 6) is 2.89. The molecular formula is C23H25N7O2. The van der Waals surface area contributed by atoms with Crippen molar-refractivity contribution in [1.29, 1.82) is 0 Å². The summed E-state index contributed by atoms with van der Waals surface area (Å²) in [6, 6.07) is 8.04. The molecule has 4 heterocycles. The number of amides is 1. The second kappa shape index (κ2) is 7.58. The SMILES string of the molecule is CCNc1ncc2c(n1)N1CCC[C@H]1CN(c1cccc(-c3noc(C4CC4)n3)c1)C2=O. The minimum absolute atomic E-state index is 0.0821. The van der Waals surface area contributed by atoms with E-state index in [0.717, 1.165) is 55.8 Å². The van der Waals surface area contributed by atoms with Gasteiger partial charge < -0.3 is 19.6 Å². The van der Waals surface area contributed by atoms with Crippen LogP contribution in [-0.2, 0) is 0 Å². The van der Waals surface area contributed by atoms with Crippen LogP contribution in [-0.4, -0.2) is 51.7 Å².